The molecule has 1 N–H and O–H groups in total. The SMILES string of the molecule is O/N=C/[C@@H]1C[C@H]1c1ccoc1. The van der Waals surface area contributed by atoms with E-state index in [9.17, 15) is 0 Å². The second kappa shape index (κ2) is 2.42. The maximum Gasteiger partial charge on any atom is 0.0937 e. The third kappa shape index (κ3) is 1.13. The summed E-state index contributed by atoms with van der Waals surface area (Å²) in [4.78, 5) is 0. The molecule has 1 aliphatic rings. The number of furan rings is 1. The smallest absolute Gasteiger partial charge is 0.0937 e. The summed E-state index contributed by atoms with van der Waals surface area (Å²) in [5.41, 5.74) is 1.20. The van der Waals surface area contributed by atoms with Gasteiger partial charge in [-0.1, -0.05) is 0 Å². The van der Waals surface area contributed by atoms with Gasteiger partial charge in [0.05, 0.1) is 12.5 Å². The fourth-order valence-corrected chi connectivity index (χ4v) is 1.33. The Hall–Kier alpha value is -1.25. The molecule has 1 heterocycles. The molecule has 0 bridgehead atoms. The molecule has 58 valence electrons. The van der Waals surface area contributed by atoms with E-state index in [1.54, 1.807) is 18.7 Å². The average molecular weight is 151 g/mol. The molecule has 0 radical (unpaired) electrons. The summed E-state index contributed by atoms with van der Waals surface area (Å²) < 4.78 is 4.94. The maximum atomic E-state index is 8.24. The van der Waals surface area contributed by atoms with Crippen LogP contribution < -0.4 is 0 Å². The van der Waals surface area contributed by atoms with E-state index in [1.807, 2.05) is 6.07 Å². The van der Waals surface area contributed by atoms with Crippen LogP contribution in [0.2, 0.25) is 0 Å². The predicted molar refractivity (Wildman–Crippen MR) is 39.8 cm³/mol. The van der Waals surface area contributed by atoms with E-state index in [1.165, 1.54) is 5.56 Å². The highest BCUT2D eigenvalue weighted by Crippen LogP contribution is 2.46. The largest absolute Gasteiger partial charge is 0.472 e. The maximum absolute atomic E-state index is 8.24. The van der Waals surface area contributed by atoms with Gasteiger partial charge in [0.2, 0.25) is 0 Å². The number of hydrogen-bond donors (Lipinski definition) is 1. The van der Waals surface area contributed by atoms with Gasteiger partial charge in [-0.05, 0) is 24.0 Å². The highest BCUT2D eigenvalue weighted by atomic mass is 16.4. The molecule has 0 aromatic carbocycles. The molecule has 0 saturated heterocycles. The van der Waals surface area contributed by atoms with Gasteiger partial charge in [-0.15, -0.1) is 5.16 Å². The molecule has 3 nitrogen and oxygen atoms in total. The summed E-state index contributed by atoms with van der Waals surface area (Å²) in [6.45, 7) is 0. The molecule has 1 aromatic rings. The van der Waals surface area contributed by atoms with Crippen molar-refractivity contribution in [2.75, 3.05) is 0 Å². The molecule has 2 rings (SSSR count). The molecule has 1 saturated carbocycles. The molecule has 11 heavy (non-hydrogen) atoms. The van der Waals surface area contributed by atoms with Gasteiger partial charge in [0.25, 0.3) is 0 Å². The average Bonchev–Trinajstić information content (AvgIpc) is 2.61. The number of hydrogen-bond acceptors (Lipinski definition) is 3. The molecule has 0 unspecified atom stereocenters. The van der Waals surface area contributed by atoms with Crippen molar-refractivity contribution in [2.24, 2.45) is 11.1 Å². The van der Waals surface area contributed by atoms with Crippen molar-refractivity contribution in [1.29, 1.82) is 0 Å². The first-order chi connectivity index (χ1) is 5.42. The van der Waals surface area contributed by atoms with Gasteiger partial charge in [0.1, 0.15) is 0 Å². The molecule has 2 atom stereocenters. The molecule has 1 aromatic heterocycles. The van der Waals surface area contributed by atoms with Gasteiger partial charge < -0.3 is 9.62 Å². The highest BCUT2D eigenvalue weighted by molar-refractivity contribution is 5.66. The minimum atomic E-state index is 0.414. The molecule has 0 spiro atoms. The Balaban J connectivity index is 2.02. The summed E-state index contributed by atoms with van der Waals surface area (Å²) in [6, 6.07) is 1.95. The van der Waals surface area contributed by atoms with Crippen molar-refractivity contribution in [1.82, 2.24) is 0 Å². The Morgan fingerprint density at radius 2 is 2.64 bits per heavy atom. The van der Waals surface area contributed by atoms with Gasteiger partial charge >= 0.3 is 0 Å². The van der Waals surface area contributed by atoms with E-state index >= 15 is 0 Å². The number of nitrogens with zero attached hydrogens (tertiary/aromatic N) is 1. The lowest BCUT2D eigenvalue weighted by Gasteiger charge is -1.86. The van der Waals surface area contributed by atoms with E-state index in [2.05, 4.69) is 5.16 Å². The lowest BCUT2D eigenvalue weighted by molar-refractivity contribution is 0.320. The minimum absolute atomic E-state index is 0.414. The van der Waals surface area contributed by atoms with Crippen LogP contribution in [0.1, 0.15) is 17.9 Å². The summed E-state index contributed by atoms with van der Waals surface area (Å²) in [6.07, 6.45) is 6.07. The topological polar surface area (TPSA) is 45.7 Å². The van der Waals surface area contributed by atoms with E-state index in [0.717, 1.165) is 6.42 Å². The van der Waals surface area contributed by atoms with Crippen LogP contribution in [0.4, 0.5) is 0 Å². The summed E-state index contributed by atoms with van der Waals surface area (Å²) >= 11 is 0. The van der Waals surface area contributed by atoms with E-state index < -0.39 is 0 Å². The Bertz CT molecular complexity index is 253. The van der Waals surface area contributed by atoms with Crippen LogP contribution in [0.5, 0.6) is 0 Å². The zero-order valence-corrected chi connectivity index (χ0v) is 5.97. The van der Waals surface area contributed by atoms with Gasteiger partial charge in [-0.2, -0.15) is 0 Å². The van der Waals surface area contributed by atoms with Crippen LogP contribution in [0.15, 0.2) is 28.2 Å². The van der Waals surface area contributed by atoms with Crippen molar-refractivity contribution < 1.29 is 9.62 Å². The monoisotopic (exact) mass is 151 g/mol. The van der Waals surface area contributed by atoms with E-state index in [-0.39, 0.29) is 0 Å². The van der Waals surface area contributed by atoms with Crippen LogP contribution in [0, 0.1) is 5.92 Å². The second-order valence-corrected chi connectivity index (χ2v) is 2.83. The lowest BCUT2D eigenvalue weighted by Crippen LogP contribution is -1.81. The van der Waals surface area contributed by atoms with Gasteiger partial charge in [0, 0.05) is 12.1 Å². The zero-order valence-electron chi connectivity index (χ0n) is 5.97. The van der Waals surface area contributed by atoms with Gasteiger partial charge in [-0.3, -0.25) is 0 Å². The molecule has 1 fully saturated rings. The molecule has 0 amide bonds. The first-order valence-electron chi connectivity index (χ1n) is 3.61. The quantitative estimate of drug-likeness (QED) is 0.398. The van der Waals surface area contributed by atoms with Crippen LogP contribution >= 0.6 is 0 Å². The van der Waals surface area contributed by atoms with Crippen molar-refractivity contribution in [2.45, 2.75) is 12.3 Å². The third-order valence-electron chi connectivity index (χ3n) is 2.07. The van der Waals surface area contributed by atoms with Crippen LogP contribution in [0.25, 0.3) is 0 Å². The van der Waals surface area contributed by atoms with Crippen LogP contribution in [-0.2, 0) is 0 Å². The zero-order chi connectivity index (χ0) is 7.68. The number of oxime groups is 1. The molecule has 0 aliphatic heterocycles. The first-order valence-corrected chi connectivity index (χ1v) is 3.61. The number of rotatable bonds is 2. The van der Waals surface area contributed by atoms with Crippen molar-refractivity contribution >= 4 is 6.21 Å². The molecule has 1 aliphatic carbocycles. The van der Waals surface area contributed by atoms with Crippen molar-refractivity contribution in [3.63, 3.8) is 0 Å². The summed E-state index contributed by atoms with van der Waals surface area (Å²) in [7, 11) is 0. The predicted octanol–water partition coefficient (Wildman–Crippen LogP) is 1.84. The summed E-state index contributed by atoms with van der Waals surface area (Å²) in [5, 5.41) is 11.2. The second-order valence-electron chi connectivity index (χ2n) is 2.83. The Kier molecular flexibility index (Phi) is 1.42. The minimum Gasteiger partial charge on any atom is -0.472 e. The van der Waals surface area contributed by atoms with Gasteiger partial charge in [0.15, 0.2) is 0 Å². The standard InChI is InChI=1S/C8H9NO2/c10-9-4-7-3-8(7)6-1-2-11-5-6/h1-2,4-5,7-8,10H,3H2/b9-4+/t7-,8-/m0/s1. The van der Waals surface area contributed by atoms with E-state index in [4.69, 9.17) is 9.62 Å². The van der Waals surface area contributed by atoms with Crippen molar-refractivity contribution in [3.05, 3.63) is 24.2 Å². The molecular formula is C8H9NO2. The summed E-state index contributed by atoms with van der Waals surface area (Å²) in [5.74, 6) is 0.933. The molecular weight excluding hydrogens is 142 g/mol. The third-order valence-corrected chi connectivity index (χ3v) is 2.07. The van der Waals surface area contributed by atoms with Crippen LogP contribution in [0.3, 0.4) is 0 Å². The Morgan fingerprint density at radius 1 is 1.73 bits per heavy atom. The normalized spacial score (nSPS) is 29.5. The Morgan fingerprint density at radius 3 is 3.27 bits per heavy atom. The van der Waals surface area contributed by atoms with Gasteiger partial charge in [-0.25, -0.2) is 0 Å². The van der Waals surface area contributed by atoms with E-state index in [0.29, 0.717) is 11.8 Å². The van der Waals surface area contributed by atoms with Crippen LogP contribution in [-0.4, -0.2) is 11.4 Å². The lowest BCUT2D eigenvalue weighted by atomic mass is 10.2. The Labute approximate surface area is 64.3 Å². The highest BCUT2D eigenvalue weighted by Gasteiger charge is 2.37. The molecule has 3 heteroatoms. The first kappa shape index (κ1) is 6.46. The fourth-order valence-electron chi connectivity index (χ4n) is 1.33. The van der Waals surface area contributed by atoms with Crippen molar-refractivity contribution in [3.8, 4) is 0 Å². The fraction of sp³-hybridized carbons (Fsp3) is 0.375.